The van der Waals surface area contributed by atoms with Crippen LogP contribution >= 0.6 is 11.6 Å². The third-order valence-electron chi connectivity index (χ3n) is 3.35. The third-order valence-corrected chi connectivity index (χ3v) is 3.68. The fourth-order valence-corrected chi connectivity index (χ4v) is 2.35. The second-order valence-corrected chi connectivity index (χ2v) is 5.11. The number of halogens is 1. The second kappa shape index (κ2) is 3.67. The molecule has 80 valence electrons. The molecule has 2 aliphatic carbocycles. The van der Waals surface area contributed by atoms with E-state index in [4.69, 9.17) is 11.6 Å². The van der Waals surface area contributed by atoms with Gasteiger partial charge in [0.05, 0.1) is 16.9 Å². The van der Waals surface area contributed by atoms with E-state index < -0.39 is 0 Å². The van der Waals surface area contributed by atoms with Gasteiger partial charge in [-0.25, -0.2) is 0 Å². The third kappa shape index (κ3) is 2.10. The average Bonchev–Trinajstić information content (AvgIpc) is 3.10. The van der Waals surface area contributed by atoms with Crippen LogP contribution in [0.25, 0.3) is 0 Å². The molecule has 15 heavy (non-hydrogen) atoms. The molecule has 0 unspecified atom stereocenters. The van der Waals surface area contributed by atoms with Crippen LogP contribution in [0.3, 0.4) is 0 Å². The van der Waals surface area contributed by atoms with E-state index in [0.29, 0.717) is 6.04 Å². The molecule has 0 atom stereocenters. The molecule has 0 saturated heterocycles. The van der Waals surface area contributed by atoms with Crippen LogP contribution < -0.4 is 5.32 Å². The van der Waals surface area contributed by atoms with E-state index in [0.717, 1.165) is 22.5 Å². The SMILES string of the molecule is Clc1ccncc1NC(C1CC1)C1CC1. The lowest BCUT2D eigenvalue weighted by Crippen LogP contribution is -2.24. The summed E-state index contributed by atoms with van der Waals surface area (Å²) in [5.41, 5.74) is 1.00. The van der Waals surface area contributed by atoms with Crippen LogP contribution in [0, 0.1) is 11.8 Å². The summed E-state index contributed by atoms with van der Waals surface area (Å²) in [6, 6.07) is 2.49. The van der Waals surface area contributed by atoms with Gasteiger partial charge in [-0.15, -0.1) is 0 Å². The molecule has 2 nitrogen and oxygen atoms in total. The van der Waals surface area contributed by atoms with Crippen molar-refractivity contribution in [2.45, 2.75) is 31.7 Å². The van der Waals surface area contributed by atoms with E-state index in [1.54, 1.807) is 6.20 Å². The van der Waals surface area contributed by atoms with E-state index in [1.165, 1.54) is 25.7 Å². The molecule has 0 aliphatic heterocycles. The molecule has 2 aliphatic rings. The zero-order chi connectivity index (χ0) is 10.3. The Morgan fingerprint density at radius 3 is 2.47 bits per heavy atom. The zero-order valence-electron chi connectivity index (χ0n) is 8.62. The van der Waals surface area contributed by atoms with Crippen molar-refractivity contribution in [2.24, 2.45) is 11.8 Å². The molecule has 3 rings (SSSR count). The maximum Gasteiger partial charge on any atom is 0.0718 e. The van der Waals surface area contributed by atoms with E-state index in [1.807, 2.05) is 12.3 Å². The van der Waals surface area contributed by atoms with Crippen molar-refractivity contribution >= 4 is 17.3 Å². The van der Waals surface area contributed by atoms with Crippen LogP contribution in [0.2, 0.25) is 5.02 Å². The molecule has 1 N–H and O–H groups in total. The molecule has 2 saturated carbocycles. The van der Waals surface area contributed by atoms with Crippen molar-refractivity contribution in [1.29, 1.82) is 0 Å². The predicted molar refractivity (Wildman–Crippen MR) is 62.1 cm³/mol. The summed E-state index contributed by atoms with van der Waals surface area (Å²) < 4.78 is 0. The Bertz CT molecular complexity index is 346. The highest BCUT2D eigenvalue weighted by atomic mass is 35.5. The van der Waals surface area contributed by atoms with Crippen molar-refractivity contribution in [1.82, 2.24) is 4.98 Å². The quantitative estimate of drug-likeness (QED) is 0.845. The Balaban J connectivity index is 1.74. The van der Waals surface area contributed by atoms with Gasteiger partial charge in [-0.1, -0.05) is 11.6 Å². The Hall–Kier alpha value is -0.760. The van der Waals surface area contributed by atoms with Gasteiger partial charge < -0.3 is 5.32 Å². The fourth-order valence-electron chi connectivity index (χ4n) is 2.19. The highest BCUT2D eigenvalue weighted by Crippen LogP contribution is 2.46. The number of hydrogen-bond acceptors (Lipinski definition) is 2. The summed E-state index contributed by atoms with van der Waals surface area (Å²) in [6.07, 6.45) is 9.09. The van der Waals surface area contributed by atoms with Gasteiger partial charge in [-0.05, 0) is 43.6 Å². The lowest BCUT2D eigenvalue weighted by Gasteiger charge is -2.19. The largest absolute Gasteiger partial charge is 0.379 e. The smallest absolute Gasteiger partial charge is 0.0718 e. The standard InChI is InChI=1S/C12H15ClN2/c13-10-5-6-14-7-11(10)15-12(8-1-2-8)9-3-4-9/h5-9,12,15H,1-4H2. The number of anilines is 1. The summed E-state index contributed by atoms with van der Waals surface area (Å²) in [4.78, 5) is 4.11. The van der Waals surface area contributed by atoms with Crippen LogP contribution in [-0.4, -0.2) is 11.0 Å². The molecule has 1 heterocycles. The van der Waals surface area contributed by atoms with Crippen molar-refractivity contribution < 1.29 is 0 Å². The lowest BCUT2D eigenvalue weighted by molar-refractivity contribution is 0.567. The predicted octanol–water partition coefficient (Wildman–Crippen LogP) is 3.34. The second-order valence-electron chi connectivity index (χ2n) is 4.70. The van der Waals surface area contributed by atoms with Crippen LogP contribution in [0.15, 0.2) is 18.5 Å². The maximum absolute atomic E-state index is 6.12. The van der Waals surface area contributed by atoms with Crippen LogP contribution in [0.5, 0.6) is 0 Å². The van der Waals surface area contributed by atoms with Gasteiger partial charge in [0.1, 0.15) is 0 Å². The van der Waals surface area contributed by atoms with E-state index >= 15 is 0 Å². The summed E-state index contributed by atoms with van der Waals surface area (Å²) in [5.74, 6) is 1.77. The van der Waals surface area contributed by atoms with Crippen molar-refractivity contribution in [2.75, 3.05) is 5.32 Å². The lowest BCUT2D eigenvalue weighted by atomic mass is 10.1. The van der Waals surface area contributed by atoms with Gasteiger partial charge in [-0.3, -0.25) is 4.98 Å². The first-order valence-corrected chi connectivity index (χ1v) is 6.08. The molecule has 1 aromatic heterocycles. The Labute approximate surface area is 95.0 Å². The first kappa shape index (κ1) is 9.46. The molecule has 2 fully saturated rings. The van der Waals surface area contributed by atoms with E-state index in [9.17, 15) is 0 Å². The topological polar surface area (TPSA) is 24.9 Å². The number of aromatic nitrogens is 1. The number of nitrogens with zero attached hydrogens (tertiary/aromatic N) is 1. The first-order chi connectivity index (χ1) is 7.34. The number of rotatable bonds is 4. The molecule has 0 bridgehead atoms. The molecule has 0 aromatic carbocycles. The van der Waals surface area contributed by atoms with Crippen LogP contribution in [0.1, 0.15) is 25.7 Å². The van der Waals surface area contributed by atoms with Crippen molar-refractivity contribution in [3.63, 3.8) is 0 Å². The minimum absolute atomic E-state index is 0.645. The van der Waals surface area contributed by atoms with E-state index in [-0.39, 0.29) is 0 Å². The number of pyridine rings is 1. The van der Waals surface area contributed by atoms with Gasteiger partial charge >= 0.3 is 0 Å². The highest BCUT2D eigenvalue weighted by molar-refractivity contribution is 6.33. The first-order valence-electron chi connectivity index (χ1n) is 5.70. The van der Waals surface area contributed by atoms with Crippen LogP contribution in [-0.2, 0) is 0 Å². The van der Waals surface area contributed by atoms with Gasteiger partial charge in [0, 0.05) is 12.2 Å². The van der Waals surface area contributed by atoms with Gasteiger partial charge in [-0.2, -0.15) is 0 Å². The minimum Gasteiger partial charge on any atom is -0.379 e. The van der Waals surface area contributed by atoms with Gasteiger partial charge in [0.2, 0.25) is 0 Å². The molecule has 3 heteroatoms. The summed E-state index contributed by atoms with van der Waals surface area (Å²) >= 11 is 6.12. The average molecular weight is 223 g/mol. The maximum atomic E-state index is 6.12. The summed E-state index contributed by atoms with van der Waals surface area (Å²) in [6.45, 7) is 0. The zero-order valence-corrected chi connectivity index (χ0v) is 9.37. The Morgan fingerprint density at radius 2 is 1.93 bits per heavy atom. The minimum atomic E-state index is 0.645. The summed E-state index contributed by atoms with van der Waals surface area (Å²) in [7, 11) is 0. The Morgan fingerprint density at radius 1 is 1.27 bits per heavy atom. The summed E-state index contributed by atoms with van der Waals surface area (Å²) in [5, 5.41) is 4.36. The molecule has 0 amide bonds. The van der Waals surface area contributed by atoms with Crippen molar-refractivity contribution in [3.8, 4) is 0 Å². The molecule has 0 radical (unpaired) electrons. The Kier molecular flexibility index (Phi) is 2.32. The molecule has 1 aromatic rings. The normalized spacial score (nSPS) is 20.7. The van der Waals surface area contributed by atoms with Crippen molar-refractivity contribution in [3.05, 3.63) is 23.5 Å². The monoisotopic (exact) mass is 222 g/mol. The van der Waals surface area contributed by atoms with Gasteiger partial charge in [0.15, 0.2) is 0 Å². The van der Waals surface area contributed by atoms with Gasteiger partial charge in [0.25, 0.3) is 0 Å². The molecular formula is C12H15ClN2. The molecule has 0 spiro atoms. The highest BCUT2D eigenvalue weighted by Gasteiger charge is 2.41. The van der Waals surface area contributed by atoms with Crippen LogP contribution in [0.4, 0.5) is 5.69 Å². The van der Waals surface area contributed by atoms with E-state index in [2.05, 4.69) is 10.3 Å². The number of hydrogen-bond donors (Lipinski definition) is 1. The fraction of sp³-hybridized carbons (Fsp3) is 0.583. The molecular weight excluding hydrogens is 208 g/mol. The number of nitrogens with one attached hydrogen (secondary N) is 1.